The fourth-order valence-electron chi connectivity index (χ4n) is 2.74. The first kappa shape index (κ1) is 16.3. The van der Waals surface area contributed by atoms with E-state index in [0.717, 1.165) is 31.8 Å². The van der Waals surface area contributed by atoms with Crippen LogP contribution in [0.4, 0.5) is 8.78 Å². The van der Waals surface area contributed by atoms with Gasteiger partial charge in [0.15, 0.2) is 11.6 Å². The number of aliphatic hydroxyl groups is 1. The van der Waals surface area contributed by atoms with E-state index in [2.05, 4.69) is 17.1 Å². The molecule has 2 unspecified atom stereocenters. The topological polar surface area (TPSA) is 35.5 Å². The van der Waals surface area contributed by atoms with E-state index in [0.29, 0.717) is 12.1 Å². The molecule has 1 aromatic carbocycles. The molecule has 1 aliphatic heterocycles. The number of hydrogen-bond donors (Lipinski definition) is 2. The van der Waals surface area contributed by atoms with Gasteiger partial charge >= 0.3 is 0 Å². The molecule has 1 aromatic rings. The molecule has 0 radical (unpaired) electrons. The van der Waals surface area contributed by atoms with E-state index in [1.165, 1.54) is 25.3 Å². The van der Waals surface area contributed by atoms with Crippen molar-refractivity contribution >= 4 is 0 Å². The second kappa shape index (κ2) is 7.82. The summed E-state index contributed by atoms with van der Waals surface area (Å²) >= 11 is 0. The summed E-state index contributed by atoms with van der Waals surface area (Å²) < 4.78 is 26.0. The zero-order valence-electron chi connectivity index (χ0n) is 12.5. The molecular formula is C16H24F2N2O. The number of piperidine rings is 1. The maximum Gasteiger partial charge on any atom is 0.159 e. The first-order valence-electron chi connectivity index (χ1n) is 7.65. The molecule has 0 bridgehead atoms. The maximum absolute atomic E-state index is 13.1. The van der Waals surface area contributed by atoms with Crippen LogP contribution in [0.1, 0.15) is 37.9 Å². The summed E-state index contributed by atoms with van der Waals surface area (Å²) in [5, 5.41) is 13.3. The minimum Gasteiger partial charge on any atom is -0.387 e. The number of hydrogen-bond acceptors (Lipinski definition) is 3. The van der Waals surface area contributed by atoms with Gasteiger partial charge in [-0.15, -0.1) is 0 Å². The van der Waals surface area contributed by atoms with E-state index in [1.807, 2.05) is 0 Å². The van der Waals surface area contributed by atoms with E-state index >= 15 is 0 Å². The Bertz CT molecular complexity index is 450. The SMILES string of the molecule is CC(CN1CCCCC1)NCC(O)c1ccc(F)c(F)c1. The lowest BCUT2D eigenvalue weighted by Crippen LogP contribution is -2.42. The van der Waals surface area contributed by atoms with Gasteiger partial charge in [-0.2, -0.15) is 0 Å². The molecule has 1 fully saturated rings. The van der Waals surface area contributed by atoms with Crippen molar-refractivity contribution in [1.82, 2.24) is 10.2 Å². The lowest BCUT2D eigenvalue weighted by atomic mass is 10.1. The molecule has 1 heterocycles. The molecular weight excluding hydrogens is 274 g/mol. The average Bonchev–Trinajstić information content (AvgIpc) is 2.48. The number of benzene rings is 1. The van der Waals surface area contributed by atoms with Crippen LogP contribution in [0.2, 0.25) is 0 Å². The van der Waals surface area contributed by atoms with Gasteiger partial charge < -0.3 is 15.3 Å². The minimum atomic E-state index is -0.923. The van der Waals surface area contributed by atoms with E-state index in [4.69, 9.17) is 0 Å². The fourth-order valence-corrected chi connectivity index (χ4v) is 2.74. The molecule has 0 amide bonds. The highest BCUT2D eigenvalue weighted by molar-refractivity contribution is 5.20. The lowest BCUT2D eigenvalue weighted by molar-refractivity contribution is 0.159. The van der Waals surface area contributed by atoms with Gasteiger partial charge in [0.05, 0.1) is 6.10 Å². The number of nitrogens with zero attached hydrogens (tertiary/aromatic N) is 1. The standard InChI is InChI=1S/C16H24F2N2O/c1-12(11-20-7-3-2-4-8-20)19-10-16(21)13-5-6-14(17)15(18)9-13/h5-6,9,12,16,19,21H,2-4,7-8,10-11H2,1H3. The van der Waals surface area contributed by atoms with Crippen LogP contribution in [0.5, 0.6) is 0 Å². The lowest BCUT2D eigenvalue weighted by Gasteiger charge is -2.29. The Hall–Kier alpha value is -1.04. The second-order valence-electron chi connectivity index (χ2n) is 5.86. The normalized spacial score (nSPS) is 19.4. The predicted molar refractivity (Wildman–Crippen MR) is 79.1 cm³/mol. The van der Waals surface area contributed by atoms with Crippen LogP contribution in [-0.4, -0.2) is 42.2 Å². The summed E-state index contributed by atoms with van der Waals surface area (Å²) in [4.78, 5) is 2.42. The molecule has 0 aliphatic carbocycles. The molecule has 1 saturated heterocycles. The molecule has 21 heavy (non-hydrogen) atoms. The van der Waals surface area contributed by atoms with Crippen molar-refractivity contribution in [2.75, 3.05) is 26.2 Å². The molecule has 5 heteroatoms. The highest BCUT2D eigenvalue weighted by Gasteiger charge is 2.15. The van der Waals surface area contributed by atoms with Gasteiger partial charge in [0.25, 0.3) is 0 Å². The Morgan fingerprint density at radius 2 is 1.90 bits per heavy atom. The van der Waals surface area contributed by atoms with E-state index in [1.54, 1.807) is 0 Å². The highest BCUT2D eigenvalue weighted by Crippen LogP contribution is 2.16. The summed E-state index contributed by atoms with van der Waals surface area (Å²) in [5.41, 5.74) is 0.395. The van der Waals surface area contributed by atoms with Crippen LogP contribution in [0.15, 0.2) is 18.2 Å². The van der Waals surface area contributed by atoms with Gasteiger partial charge in [-0.25, -0.2) is 8.78 Å². The third-order valence-electron chi connectivity index (χ3n) is 3.97. The number of nitrogens with one attached hydrogen (secondary N) is 1. The van der Waals surface area contributed by atoms with Crippen LogP contribution >= 0.6 is 0 Å². The first-order valence-corrected chi connectivity index (χ1v) is 7.65. The molecule has 0 saturated carbocycles. The van der Waals surface area contributed by atoms with Crippen LogP contribution in [0.3, 0.4) is 0 Å². The number of likely N-dealkylation sites (tertiary alicyclic amines) is 1. The van der Waals surface area contributed by atoms with Crippen LogP contribution in [-0.2, 0) is 0 Å². The summed E-state index contributed by atoms with van der Waals surface area (Å²) in [6.07, 6.45) is 2.99. The smallest absolute Gasteiger partial charge is 0.159 e. The van der Waals surface area contributed by atoms with Gasteiger partial charge in [0.2, 0.25) is 0 Å². The summed E-state index contributed by atoms with van der Waals surface area (Å²) in [5.74, 6) is -1.81. The Labute approximate surface area is 125 Å². The van der Waals surface area contributed by atoms with Crippen molar-refractivity contribution in [3.8, 4) is 0 Å². The number of rotatable bonds is 6. The largest absolute Gasteiger partial charge is 0.387 e. The van der Waals surface area contributed by atoms with Crippen LogP contribution in [0, 0.1) is 11.6 Å². The summed E-state index contributed by atoms with van der Waals surface area (Å²) in [6, 6.07) is 3.77. The van der Waals surface area contributed by atoms with E-state index in [9.17, 15) is 13.9 Å². The van der Waals surface area contributed by atoms with Crippen molar-refractivity contribution < 1.29 is 13.9 Å². The Morgan fingerprint density at radius 1 is 1.19 bits per heavy atom. The predicted octanol–water partition coefficient (Wildman–Crippen LogP) is 2.46. The maximum atomic E-state index is 13.1. The Kier molecular flexibility index (Phi) is 6.08. The average molecular weight is 298 g/mol. The van der Waals surface area contributed by atoms with Crippen LogP contribution in [0.25, 0.3) is 0 Å². The monoisotopic (exact) mass is 298 g/mol. The molecule has 0 spiro atoms. The third kappa shape index (κ3) is 5.02. The third-order valence-corrected chi connectivity index (χ3v) is 3.97. The van der Waals surface area contributed by atoms with Crippen molar-refractivity contribution in [1.29, 1.82) is 0 Å². The second-order valence-corrected chi connectivity index (χ2v) is 5.86. The number of aliphatic hydroxyl groups excluding tert-OH is 1. The van der Waals surface area contributed by atoms with Crippen molar-refractivity contribution in [3.05, 3.63) is 35.4 Å². The zero-order valence-corrected chi connectivity index (χ0v) is 12.5. The quantitative estimate of drug-likeness (QED) is 0.847. The zero-order chi connectivity index (χ0) is 15.2. The summed E-state index contributed by atoms with van der Waals surface area (Å²) in [7, 11) is 0. The van der Waals surface area contributed by atoms with Crippen molar-refractivity contribution in [2.24, 2.45) is 0 Å². The fraction of sp³-hybridized carbons (Fsp3) is 0.625. The van der Waals surface area contributed by atoms with Crippen LogP contribution < -0.4 is 5.32 Å². The summed E-state index contributed by atoms with van der Waals surface area (Å²) in [6.45, 7) is 5.63. The van der Waals surface area contributed by atoms with Crippen molar-refractivity contribution in [3.63, 3.8) is 0 Å². The molecule has 118 valence electrons. The van der Waals surface area contributed by atoms with Gasteiger partial charge in [-0.1, -0.05) is 12.5 Å². The first-order chi connectivity index (χ1) is 10.1. The van der Waals surface area contributed by atoms with Crippen molar-refractivity contribution in [2.45, 2.75) is 38.3 Å². The van der Waals surface area contributed by atoms with E-state index < -0.39 is 17.7 Å². The van der Waals surface area contributed by atoms with Gasteiger partial charge in [0, 0.05) is 19.1 Å². The molecule has 2 atom stereocenters. The Balaban J connectivity index is 1.77. The Morgan fingerprint density at radius 3 is 2.57 bits per heavy atom. The molecule has 3 nitrogen and oxygen atoms in total. The highest BCUT2D eigenvalue weighted by atomic mass is 19.2. The van der Waals surface area contributed by atoms with Gasteiger partial charge in [-0.3, -0.25) is 0 Å². The van der Waals surface area contributed by atoms with E-state index in [-0.39, 0.29) is 6.04 Å². The molecule has 2 N–H and O–H groups in total. The van der Waals surface area contributed by atoms with Gasteiger partial charge in [0.1, 0.15) is 0 Å². The molecule has 0 aromatic heterocycles. The molecule has 2 rings (SSSR count). The number of halogens is 2. The minimum absolute atomic E-state index is 0.253. The molecule has 1 aliphatic rings. The van der Waals surface area contributed by atoms with Gasteiger partial charge in [-0.05, 0) is 50.6 Å².